The molecule has 15 heteroatoms. The zero-order valence-corrected chi connectivity index (χ0v) is 23.9. The standard InChI is InChI=1S/C30H30F6N6O3/c31-29(32,33)20-1-8-27(38-13-20)40-14-18-16-41(17-19(18)15-40)28-12-24(9-10-37-28)45-23-5-2-21(3-6-23)39-22-4-7-26(42(43)44)25(11-22)30(34,35)36/h1,4,7-13,18-19,21,23,39H,2-3,5-6,14-17H2. The van der Waals surface area contributed by atoms with Crippen LogP contribution in [0.25, 0.3) is 0 Å². The Bertz CT molecular complexity index is 1510. The van der Waals surface area contributed by atoms with Crippen molar-refractivity contribution in [3.8, 4) is 5.75 Å². The van der Waals surface area contributed by atoms with Crippen LogP contribution in [0.1, 0.15) is 36.8 Å². The van der Waals surface area contributed by atoms with Crippen LogP contribution < -0.4 is 19.9 Å². The van der Waals surface area contributed by atoms with Gasteiger partial charge in [0, 0.05) is 74.3 Å². The Labute approximate surface area is 254 Å². The van der Waals surface area contributed by atoms with Crippen LogP contribution in [0.15, 0.2) is 54.9 Å². The predicted octanol–water partition coefficient (Wildman–Crippen LogP) is 6.80. The summed E-state index contributed by atoms with van der Waals surface area (Å²) in [6.07, 6.45) is -4.11. The minimum Gasteiger partial charge on any atom is -0.490 e. The first kappa shape index (κ1) is 30.7. The van der Waals surface area contributed by atoms with Gasteiger partial charge in [-0.25, -0.2) is 9.97 Å². The molecule has 3 fully saturated rings. The second kappa shape index (κ2) is 11.9. The number of fused-ring (bicyclic) bond motifs is 1. The third-order valence-corrected chi connectivity index (χ3v) is 8.77. The zero-order valence-electron chi connectivity index (χ0n) is 23.9. The quantitative estimate of drug-likeness (QED) is 0.172. The Morgan fingerprint density at radius 3 is 2.07 bits per heavy atom. The summed E-state index contributed by atoms with van der Waals surface area (Å²) in [7, 11) is 0. The fourth-order valence-corrected chi connectivity index (χ4v) is 6.52. The Kier molecular flexibility index (Phi) is 8.12. The van der Waals surface area contributed by atoms with E-state index in [0.29, 0.717) is 62.2 Å². The molecule has 2 aromatic heterocycles. The van der Waals surface area contributed by atoms with Crippen LogP contribution in [-0.2, 0) is 12.4 Å². The first-order valence-corrected chi connectivity index (χ1v) is 14.6. The van der Waals surface area contributed by atoms with Crippen molar-refractivity contribution in [2.75, 3.05) is 41.3 Å². The number of anilines is 3. The lowest BCUT2D eigenvalue weighted by atomic mass is 9.92. The van der Waals surface area contributed by atoms with Gasteiger partial charge in [0.2, 0.25) is 0 Å². The molecule has 2 saturated heterocycles. The summed E-state index contributed by atoms with van der Waals surface area (Å²) in [5.41, 5.74) is -2.83. The number of nitro benzene ring substituents is 1. The summed E-state index contributed by atoms with van der Waals surface area (Å²) >= 11 is 0. The number of ether oxygens (including phenoxy) is 1. The molecule has 2 unspecified atom stereocenters. The topological polar surface area (TPSA) is 96.7 Å². The van der Waals surface area contributed by atoms with Crippen molar-refractivity contribution < 1.29 is 36.0 Å². The molecule has 2 aliphatic heterocycles. The Balaban J connectivity index is 0.998. The molecule has 45 heavy (non-hydrogen) atoms. The minimum absolute atomic E-state index is 0.0800. The molecule has 6 rings (SSSR count). The van der Waals surface area contributed by atoms with Gasteiger partial charge in [0.1, 0.15) is 22.9 Å². The van der Waals surface area contributed by atoms with Gasteiger partial charge < -0.3 is 19.9 Å². The van der Waals surface area contributed by atoms with Gasteiger partial charge in [0.15, 0.2) is 0 Å². The monoisotopic (exact) mass is 636 g/mol. The summed E-state index contributed by atoms with van der Waals surface area (Å²) in [6.45, 7) is 2.91. The van der Waals surface area contributed by atoms with Gasteiger partial charge in [0.05, 0.1) is 16.6 Å². The normalized spacial score (nSPS) is 23.6. The van der Waals surface area contributed by atoms with Crippen molar-refractivity contribution in [3.63, 3.8) is 0 Å². The summed E-state index contributed by atoms with van der Waals surface area (Å²) in [4.78, 5) is 22.8. The summed E-state index contributed by atoms with van der Waals surface area (Å²) in [5, 5.41) is 14.1. The average molecular weight is 637 g/mol. The zero-order chi connectivity index (χ0) is 31.9. The van der Waals surface area contributed by atoms with Crippen molar-refractivity contribution in [1.82, 2.24) is 9.97 Å². The van der Waals surface area contributed by atoms with Crippen molar-refractivity contribution >= 4 is 23.0 Å². The molecule has 3 aliphatic rings. The van der Waals surface area contributed by atoms with E-state index in [4.69, 9.17) is 4.74 Å². The molecule has 9 nitrogen and oxygen atoms in total. The fourth-order valence-electron chi connectivity index (χ4n) is 6.52. The van der Waals surface area contributed by atoms with Gasteiger partial charge in [0.25, 0.3) is 5.69 Å². The van der Waals surface area contributed by atoms with Crippen LogP contribution >= 0.6 is 0 Å². The number of aromatic nitrogens is 2. The van der Waals surface area contributed by atoms with Gasteiger partial charge in [-0.05, 0) is 56.0 Å². The second-order valence-corrected chi connectivity index (χ2v) is 11.8. The van der Waals surface area contributed by atoms with E-state index in [1.807, 2.05) is 11.0 Å². The number of pyridine rings is 2. The molecule has 1 N–H and O–H groups in total. The summed E-state index contributed by atoms with van der Waals surface area (Å²) < 4.78 is 84.9. The third kappa shape index (κ3) is 6.86. The van der Waals surface area contributed by atoms with Gasteiger partial charge in [-0.3, -0.25) is 10.1 Å². The van der Waals surface area contributed by atoms with E-state index < -0.39 is 34.1 Å². The van der Waals surface area contributed by atoms with E-state index >= 15 is 0 Å². The number of nitro groups is 1. The van der Waals surface area contributed by atoms with E-state index in [2.05, 4.69) is 20.2 Å². The highest BCUT2D eigenvalue weighted by atomic mass is 19.4. The van der Waals surface area contributed by atoms with E-state index in [1.54, 1.807) is 12.3 Å². The van der Waals surface area contributed by atoms with Crippen LogP contribution in [0.5, 0.6) is 5.75 Å². The minimum atomic E-state index is -4.84. The first-order valence-electron chi connectivity index (χ1n) is 14.6. The van der Waals surface area contributed by atoms with Crippen molar-refractivity contribution in [3.05, 3.63) is 76.1 Å². The maximum atomic E-state index is 13.3. The molecule has 0 amide bonds. The van der Waals surface area contributed by atoms with Gasteiger partial charge in [-0.15, -0.1) is 0 Å². The number of alkyl halides is 6. The van der Waals surface area contributed by atoms with E-state index in [-0.39, 0.29) is 17.8 Å². The molecule has 1 aliphatic carbocycles. The molecule has 4 heterocycles. The molecule has 240 valence electrons. The van der Waals surface area contributed by atoms with Gasteiger partial charge >= 0.3 is 12.4 Å². The predicted molar refractivity (Wildman–Crippen MR) is 153 cm³/mol. The number of halogens is 6. The average Bonchev–Trinajstić information content (AvgIpc) is 3.58. The maximum absolute atomic E-state index is 13.3. The molecular formula is C30H30F6N6O3. The second-order valence-electron chi connectivity index (χ2n) is 11.8. The van der Waals surface area contributed by atoms with Crippen molar-refractivity contribution in [2.45, 2.75) is 50.2 Å². The first-order chi connectivity index (χ1) is 21.3. The SMILES string of the molecule is O=[N+]([O-])c1ccc(NC2CCC(Oc3ccnc(N4CC5CN(c6ccc(C(F)(F)F)cn6)CC5C4)c3)CC2)cc1C(F)(F)F. The molecule has 0 bridgehead atoms. The number of nitrogens with zero attached hydrogens (tertiary/aromatic N) is 5. The Morgan fingerprint density at radius 1 is 0.822 bits per heavy atom. The largest absolute Gasteiger partial charge is 0.490 e. The lowest BCUT2D eigenvalue weighted by molar-refractivity contribution is -0.388. The number of hydrogen-bond donors (Lipinski definition) is 1. The highest BCUT2D eigenvalue weighted by Crippen LogP contribution is 2.39. The highest BCUT2D eigenvalue weighted by molar-refractivity contribution is 5.55. The molecule has 0 radical (unpaired) electrons. The van der Waals surface area contributed by atoms with Crippen LogP contribution in [0, 0.1) is 22.0 Å². The highest BCUT2D eigenvalue weighted by Gasteiger charge is 2.42. The van der Waals surface area contributed by atoms with E-state index in [9.17, 15) is 36.5 Å². The van der Waals surface area contributed by atoms with Crippen LogP contribution in [0.2, 0.25) is 0 Å². The number of nitrogens with one attached hydrogen (secondary N) is 1. The lowest BCUT2D eigenvalue weighted by Gasteiger charge is -2.30. The maximum Gasteiger partial charge on any atom is 0.423 e. The van der Waals surface area contributed by atoms with Crippen LogP contribution in [0.3, 0.4) is 0 Å². The molecule has 1 aromatic carbocycles. The van der Waals surface area contributed by atoms with Crippen molar-refractivity contribution in [2.24, 2.45) is 11.8 Å². The van der Waals surface area contributed by atoms with Crippen molar-refractivity contribution in [1.29, 1.82) is 0 Å². The van der Waals surface area contributed by atoms with Gasteiger partial charge in [-0.2, -0.15) is 26.3 Å². The molecule has 2 atom stereocenters. The molecular weight excluding hydrogens is 606 g/mol. The van der Waals surface area contributed by atoms with Crippen LogP contribution in [0.4, 0.5) is 49.4 Å². The fraction of sp³-hybridized carbons (Fsp3) is 0.467. The number of hydrogen-bond acceptors (Lipinski definition) is 8. The Morgan fingerprint density at radius 2 is 1.49 bits per heavy atom. The smallest absolute Gasteiger partial charge is 0.423 e. The van der Waals surface area contributed by atoms with Crippen LogP contribution in [-0.4, -0.2) is 53.2 Å². The molecule has 1 saturated carbocycles. The third-order valence-electron chi connectivity index (χ3n) is 8.77. The van der Waals surface area contributed by atoms with Gasteiger partial charge in [-0.1, -0.05) is 0 Å². The lowest BCUT2D eigenvalue weighted by Crippen LogP contribution is -2.31. The number of rotatable bonds is 7. The Hall–Kier alpha value is -4.30. The number of benzene rings is 1. The molecule has 3 aromatic rings. The summed E-state index contributed by atoms with van der Waals surface area (Å²) in [5.74, 6) is 2.66. The van der Waals surface area contributed by atoms with E-state index in [1.165, 1.54) is 12.1 Å². The van der Waals surface area contributed by atoms with E-state index in [0.717, 1.165) is 43.3 Å². The molecule has 0 spiro atoms. The summed E-state index contributed by atoms with van der Waals surface area (Å²) in [6, 6.07) is 9.04.